The first-order valence-corrected chi connectivity index (χ1v) is 10.5. The molecule has 1 aromatic carbocycles. The number of hydrogen-bond donors (Lipinski definition) is 1. The fourth-order valence-corrected chi connectivity index (χ4v) is 5.01. The van der Waals surface area contributed by atoms with Crippen molar-refractivity contribution in [3.8, 4) is 6.07 Å². The standard InChI is InChI=1S/C18H17BrN2OS2/c19-12-6-8-13(9-7-12)23-11-17(22)21-18-15(10-20)14-4-2-1-3-5-16(14)24-18/h6-9H,1-5,11H2,(H,21,22). The number of amides is 1. The normalized spacial score (nSPS) is 13.7. The highest BCUT2D eigenvalue weighted by Gasteiger charge is 2.20. The van der Waals surface area contributed by atoms with Crippen LogP contribution >= 0.6 is 39.0 Å². The number of carbonyl (C=O) groups excluding carboxylic acids is 1. The molecule has 3 rings (SSSR count). The molecule has 0 fully saturated rings. The van der Waals surface area contributed by atoms with Crippen molar-refractivity contribution in [2.45, 2.75) is 37.0 Å². The Bertz CT molecular complexity index is 778. The third kappa shape index (κ3) is 4.21. The van der Waals surface area contributed by atoms with Crippen LogP contribution in [0.3, 0.4) is 0 Å². The maximum Gasteiger partial charge on any atom is 0.235 e. The molecule has 0 radical (unpaired) electrons. The van der Waals surface area contributed by atoms with Crippen LogP contribution in [-0.2, 0) is 17.6 Å². The largest absolute Gasteiger partial charge is 0.316 e. The summed E-state index contributed by atoms with van der Waals surface area (Å²) in [5.41, 5.74) is 1.84. The molecule has 0 unspecified atom stereocenters. The molecule has 0 atom stereocenters. The molecule has 1 aliphatic rings. The fraction of sp³-hybridized carbons (Fsp3) is 0.333. The summed E-state index contributed by atoms with van der Waals surface area (Å²) < 4.78 is 1.02. The smallest absolute Gasteiger partial charge is 0.235 e. The molecule has 0 aliphatic heterocycles. The molecule has 3 nitrogen and oxygen atoms in total. The minimum Gasteiger partial charge on any atom is -0.316 e. The van der Waals surface area contributed by atoms with Crippen LogP contribution in [0.5, 0.6) is 0 Å². The molecule has 0 spiro atoms. The predicted octanol–water partition coefficient (Wildman–Crippen LogP) is 5.38. The number of aryl methyl sites for hydroxylation is 1. The molecule has 1 N–H and O–H groups in total. The molecule has 0 bridgehead atoms. The minimum absolute atomic E-state index is 0.0594. The summed E-state index contributed by atoms with van der Waals surface area (Å²) in [6.07, 6.45) is 5.50. The number of anilines is 1. The Hall–Kier alpha value is -1.29. The number of thiophene rings is 1. The van der Waals surface area contributed by atoms with Crippen molar-refractivity contribution in [2.24, 2.45) is 0 Å². The summed E-state index contributed by atoms with van der Waals surface area (Å²) >= 11 is 6.48. The first-order chi connectivity index (χ1) is 11.7. The highest BCUT2D eigenvalue weighted by atomic mass is 79.9. The second-order valence-electron chi connectivity index (χ2n) is 5.67. The lowest BCUT2D eigenvalue weighted by molar-refractivity contribution is -0.113. The van der Waals surface area contributed by atoms with Crippen molar-refractivity contribution < 1.29 is 4.79 Å². The van der Waals surface area contributed by atoms with Crippen LogP contribution in [0.1, 0.15) is 35.3 Å². The molecule has 0 saturated carbocycles. The predicted molar refractivity (Wildman–Crippen MR) is 104 cm³/mol. The van der Waals surface area contributed by atoms with Crippen molar-refractivity contribution in [1.29, 1.82) is 5.26 Å². The number of hydrogen-bond acceptors (Lipinski definition) is 4. The first kappa shape index (κ1) is 17.5. The van der Waals surface area contributed by atoms with Gasteiger partial charge in [-0.1, -0.05) is 22.4 Å². The van der Waals surface area contributed by atoms with Gasteiger partial charge in [0.1, 0.15) is 11.1 Å². The third-order valence-electron chi connectivity index (χ3n) is 3.97. The lowest BCUT2D eigenvalue weighted by Crippen LogP contribution is -2.13. The zero-order chi connectivity index (χ0) is 16.9. The first-order valence-electron chi connectivity index (χ1n) is 7.90. The van der Waals surface area contributed by atoms with E-state index in [-0.39, 0.29) is 5.91 Å². The molecule has 1 heterocycles. The number of fused-ring (bicyclic) bond motifs is 1. The number of nitrogens with zero attached hydrogens (tertiary/aromatic N) is 1. The molecule has 124 valence electrons. The summed E-state index contributed by atoms with van der Waals surface area (Å²) in [7, 11) is 0. The van der Waals surface area contributed by atoms with E-state index in [1.165, 1.54) is 29.5 Å². The van der Waals surface area contributed by atoms with E-state index in [0.717, 1.165) is 39.2 Å². The van der Waals surface area contributed by atoms with Gasteiger partial charge >= 0.3 is 0 Å². The number of halogens is 1. The number of nitrogens with one attached hydrogen (secondary N) is 1. The summed E-state index contributed by atoms with van der Waals surface area (Å²) in [5, 5.41) is 13.2. The quantitative estimate of drug-likeness (QED) is 0.533. The zero-order valence-corrected chi connectivity index (χ0v) is 16.3. The van der Waals surface area contributed by atoms with E-state index in [9.17, 15) is 10.1 Å². The topological polar surface area (TPSA) is 52.9 Å². The van der Waals surface area contributed by atoms with Crippen molar-refractivity contribution in [2.75, 3.05) is 11.1 Å². The summed E-state index contributed by atoms with van der Waals surface area (Å²) in [5.74, 6) is 0.283. The molecular weight excluding hydrogens is 404 g/mol. The highest BCUT2D eigenvalue weighted by molar-refractivity contribution is 9.10. The molecule has 24 heavy (non-hydrogen) atoms. The highest BCUT2D eigenvalue weighted by Crippen LogP contribution is 2.37. The Morgan fingerprint density at radius 3 is 2.75 bits per heavy atom. The molecule has 0 saturated heterocycles. The fourth-order valence-electron chi connectivity index (χ4n) is 2.79. The Kier molecular flexibility index (Phi) is 5.99. The van der Waals surface area contributed by atoms with Crippen LogP contribution in [0, 0.1) is 11.3 Å². The zero-order valence-electron chi connectivity index (χ0n) is 13.1. The Balaban J connectivity index is 1.66. The van der Waals surface area contributed by atoms with Gasteiger partial charge in [0.2, 0.25) is 5.91 Å². The van der Waals surface area contributed by atoms with Crippen LogP contribution in [-0.4, -0.2) is 11.7 Å². The van der Waals surface area contributed by atoms with Gasteiger partial charge in [-0.25, -0.2) is 0 Å². The average Bonchev–Trinajstić information content (AvgIpc) is 2.74. The van der Waals surface area contributed by atoms with Crippen molar-refractivity contribution in [1.82, 2.24) is 0 Å². The van der Waals surface area contributed by atoms with Crippen LogP contribution in [0.4, 0.5) is 5.00 Å². The van der Waals surface area contributed by atoms with Crippen LogP contribution in [0.25, 0.3) is 0 Å². The van der Waals surface area contributed by atoms with Gasteiger partial charge in [0.15, 0.2) is 0 Å². The van der Waals surface area contributed by atoms with E-state index in [0.29, 0.717) is 11.3 Å². The van der Waals surface area contributed by atoms with Gasteiger partial charge in [0.25, 0.3) is 0 Å². The average molecular weight is 421 g/mol. The van der Waals surface area contributed by atoms with E-state index >= 15 is 0 Å². The third-order valence-corrected chi connectivity index (χ3v) is 6.72. The second-order valence-corrected chi connectivity index (χ2v) is 8.74. The van der Waals surface area contributed by atoms with Crippen molar-refractivity contribution >= 4 is 49.9 Å². The van der Waals surface area contributed by atoms with E-state index in [2.05, 4.69) is 27.3 Å². The molecule has 1 amide bonds. The van der Waals surface area contributed by atoms with Gasteiger partial charge in [0, 0.05) is 14.2 Å². The van der Waals surface area contributed by atoms with E-state index < -0.39 is 0 Å². The van der Waals surface area contributed by atoms with Gasteiger partial charge in [0.05, 0.1) is 11.3 Å². The van der Waals surface area contributed by atoms with Crippen molar-refractivity contribution in [3.05, 3.63) is 44.7 Å². The number of thioether (sulfide) groups is 1. The molecule has 1 aromatic heterocycles. The van der Waals surface area contributed by atoms with Gasteiger partial charge in [-0.2, -0.15) is 5.26 Å². The van der Waals surface area contributed by atoms with E-state index in [4.69, 9.17) is 0 Å². The van der Waals surface area contributed by atoms with Gasteiger partial charge in [-0.3, -0.25) is 4.79 Å². The Morgan fingerprint density at radius 2 is 2.00 bits per heavy atom. The molecular formula is C18H17BrN2OS2. The van der Waals surface area contributed by atoms with E-state index in [1.807, 2.05) is 24.3 Å². The van der Waals surface area contributed by atoms with Gasteiger partial charge in [-0.05, 0) is 55.5 Å². The van der Waals surface area contributed by atoms with Crippen molar-refractivity contribution in [3.63, 3.8) is 0 Å². The minimum atomic E-state index is -0.0594. The van der Waals surface area contributed by atoms with Crippen LogP contribution in [0.2, 0.25) is 0 Å². The lowest BCUT2D eigenvalue weighted by Gasteiger charge is -2.04. The van der Waals surface area contributed by atoms with Crippen LogP contribution in [0.15, 0.2) is 33.6 Å². The molecule has 2 aromatic rings. The number of benzene rings is 1. The van der Waals surface area contributed by atoms with Gasteiger partial charge in [-0.15, -0.1) is 23.1 Å². The summed E-state index contributed by atoms with van der Waals surface area (Å²) in [6, 6.07) is 10.2. The number of carbonyl (C=O) groups is 1. The molecule has 1 aliphatic carbocycles. The number of nitriles is 1. The monoisotopic (exact) mass is 420 g/mol. The van der Waals surface area contributed by atoms with E-state index in [1.54, 1.807) is 11.3 Å². The Labute approximate surface area is 158 Å². The Morgan fingerprint density at radius 1 is 1.25 bits per heavy atom. The molecule has 6 heteroatoms. The second kappa shape index (κ2) is 8.19. The summed E-state index contributed by atoms with van der Waals surface area (Å²) in [4.78, 5) is 14.6. The van der Waals surface area contributed by atoms with Crippen LogP contribution < -0.4 is 5.32 Å². The SMILES string of the molecule is N#Cc1c(NC(=O)CSc2ccc(Br)cc2)sc2c1CCCCC2. The number of rotatable bonds is 4. The maximum atomic E-state index is 12.3. The summed E-state index contributed by atoms with van der Waals surface area (Å²) in [6.45, 7) is 0. The van der Waals surface area contributed by atoms with Gasteiger partial charge < -0.3 is 5.32 Å². The lowest BCUT2D eigenvalue weighted by atomic mass is 10.1. The maximum absolute atomic E-state index is 12.3.